The highest BCUT2D eigenvalue weighted by Crippen LogP contribution is 2.29. The number of nitrogens with one attached hydrogen (secondary N) is 1. The average molecular weight is 257 g/mol. The van der Waals surface area contributed by atoms with Crippen LogP contribution in [-0.2, 0) is 9.53 Å². The van der Waals surface area contributed by atoms with Crippen molar-refractivity contribution in [3.8, 4) is 0 Å². The van der Waals surface area contributed by atoms with Crippen molar-refractivity contribution in [2.75, 3.05) is 6.54 Å². The number of carboxylic acids is 1. The topological polar surface area (TPSA) is 75.6 Å². The summed E-state index contributed by atoms with van der Waals surface area (Å²) in [6.45, 7) is 5.78. The first-order valence-electron chi connectivity index (χ1n) is 6.49. The standard InChI is InChI=1S/C13H23NO4/c1-13(2,3)18-12(17)14-8-9-6-4-5-7-10(9)11(15)16/h9-10H,4-8H2,1-3H3,(H,14,17)(H,15,16)/t9-,10+/m0/s1. The third-order valence-corrected chi connectivity index (χ3v) is 3.13. The lowest BCUT2D eigenvalue weighted by molar-refractivity contribution is -0.144. The number of aliphatic carboxylic acids is 1. The maximum atomic E-state index is 11.5. The van der Waals surface area contributed by atoms with Crippen LogP contribution in [0, 0.1) is 11.8 Å². The molecule has 104 valence electrons. The van der Waals surface area contributed by atoms with Crippen molar-refractivity contribution in [1.82, 2.24) is 5.32 Å². The monoisotopic (exact) mass is 257 g/mol. The molecule has 18 heavy (non-hydrogen) atoms. The number of hydrogen-bond donors (Lipinski definition) is 2. The van der Waals surface area contributed by atoms with Gasteiger partial charge in [0.25, 0.3) is 0 Å². The molecule has 0 radical (unpaired) electrons. The third-order valence-electron chi connectivity index (χ3n) is 3.13. The summed E-state index contributed by atoms with van der Waals surface area (Å²) in [6.07, 6.45) is 3.07. The fraction of sp³-hybridized carbons (Fsp3) is 0.846. The number of hydrogen-bond acceptors (Lipinski definition) is 3. The predicted octanol–water partition coefficient (Wildman–Crippen LogP) is 2.40. The molecule has 0 bridgehead atoms. The molecule has 1 saturated carbocycles. The van der Waals surface area contributed by atoms with Crippen molar-refractivity contribution >= 4 is 12.1 Å². The summed E-state index contributed by atoms with van der Waals surface area (Å²) in [4.78, 5) is 22.6. The van der Waals surface area contributed by atoms with Crippen molar-refractivity contribution in [1.29, 1.82) is 0 Å². The van der Waals surface area contributed by atoms with Crippen LogP contribution in [0.4, 0.5) is 4.79 Å². The Morgan fingerprint density at radius 1 is 1.28 bits per heavy atom. The van der Waals surface area contributed by atoms with E-state index in [4.69, 9.17) is 9.84 Å². The lowest BCUT2D eigenvalue weighted by Gasteiger charge is -2.29. The zero-order chi connectivity index (χ0) is 13.8. The predicted molar refractivity (Wildman–Crippen MR) is 67.3 cm³/mol. The van der Waals surface area contributed by atoms with E-state index in [1.54, 1.807) is 20.8 Å². The summed E-state index contributed by atoms with van der Waals surface area (Å²) in [7, 11) is 0. The molecular formula is C13H23NO4. The van der Waals surface area contributed by atoms with E-state index in [1.165, 1.54) is 0 Å². The molecule has 0 aromatic rings. The summed E-state index contributed by atoms with van der Waals surface area (Å²) < 4.78 is 5.13. The fourth-order valence-corrected chi connectivity index (χ4v) is 2.31. The molecule has 1 fully saturated rings. The number of amides is 1. The van der Waals surface area contributed by atoms with Gasteiger partial charge in [-0.15, -0.1) is 0 Å². The second-order valence-corrected chi connectivity index (χ2v) is 5.87. The molecule has 0 unspecified atom stereocenters. The van der Waals surface area contributed by atoms with Gasteiger partial charge in [0.05, 0.1) is 5.92 Å². The Kier molecular flexibility index (Phi) is 4.99. The molecule has 5 heteroatoms. The van der Waals surface area contributed by atoms with E-state index in [0.29, 0.717) is 13.0 Å². The molecule has 1 rings (SSSR count). The highest BCUT2D eigenvalue weighted by molar-refractivity contribution is 5.71. The first-order valence-corrected chi connectivity index (χ1v) is 6.49. The van der Waals surface area contributed by atoms with Gasteiger partial charge in [0.1, 0.15) is 5.60 Å². The van der Waals surface area contributed by atoms with Gasteiger partial charge in [-0.05, 0) is 39.5 Å². The maximum absolute atomic E-state index is 11.5. The second-order valence-electron chi connectivity index (χ2n) is 5.87. The largest absolute Gasteiger partial charge is 0.481 e. The van der Waals surface area contributed by atoms with Crippen molar-refractivity contribution < 1.29 is 19.4 Å². The minimum absolute atomic E-state index is 0.0174. The van der Waals surface area contributed by atoms with E-state index < -0.39 is 17.7 Å². The third kappa shape index (κ3) is 4.94. The molecule has 2 atom stereocenters. The Morgan fingerprint density at radius 3 is 2.44 bits per heavy atom. The van der Waals surface area contributed by atoms with Gasteiger partial charge in [-0.2, -0.15) is 0 Å². The fourth-order valence-electron chi connectivity index (χ4n) is 2.31. The summed E-state index contributed by atoms with van der Waals surface area (Å²) in [6, 6.07) is 0. The van der Waals surface area contributed by atoms with Crippen molar-refractivity contribution in [3.05, 3.63) is 0 Å². The Hall–Kier alpha value is -1.26. The van der Waals surface area contributed by atoms with E-state index >= 15 is 0 Å². The lowest BCUT2D eigenvalue weighted by atomic mass is 9.79. The molecule has 1 aliphatic rings. The molecule has 0 aromatic heterocycles. The molecule has 0 heterocycles. The van der Waals surface area contributed by atoms with Gasteiger partial charge in [-0.25, -0.2) is 4.79 Å². The van der Waals surface area contributed by atoms with E-state index in [-0.39, 0.29) is 11.8 Å². The van der Waals surface area contributed by atoms with Gasteiger partial charge in [0.2, 0.25) is 0 Å². The Balaban J connectivity index is 2.41. The van der Waals surface area contributed by atoms with E-state index in [9.17, 15) is 9.59 Å². The minimum atomic E-state index is -0.759. The zero-order valence-electron chi connectivity index (χ0n) is 11.4. The van der Waals surface area contributed by atoms with E-state index in [0.717, 1.165) is 19.3 Å². The van der Waals surface area contributed by atoms with E-state index in [2.05, 4.69) is 5.32 Å². The second kappa shape index (κ2) is 6.07. The molecule has 2 N–H and O–H groups in total. The molecule has 0 aliphatic heterocycles. The quantitative estimate of drug-likeness (QED) is 0.814. The van der Waals surface area contributed by atoms with Crippen LogP contribution in [0.2, 0.25) is 0 Å². The van der Waals surface area contributed by atoms with Crippen LogP contribution in [0.15, 0.2) is 0 Å². The number of ether oxygens (including phenoxy) is 1. The molecule has 1 aliphatic carbocycles. The Labute approximate surface area is 108 Å². The molecule has 1 amide bonds. The van der Waals surface area contributed by atoms with Gasteiger partial charge in [0.15, 0.2) is 0 Å². The van der Waals surface area contributed by atoms with Crippen LogP contribution in [0.1, 0.15) is 46.5 Å². The Bertz CT molecular complexity index is 309. The summed E-state index contributed by atoms with van der Waals surface area (Å²) in [5.41, 5.74) is -0.525. The molecule has 0 aromatic carbocycles. The summed E-state index contributed by atoms with van der Waals surface area (Å²) in [5.74, 6) is -1.08. The van der Waals surface area contributed by atoms with Crippen LogP contribution < -0.4 is 5.32 Å². The van der Waals surface area contributed by atoms with Crippen LogP contribution in [0.25, 0.3) is 0 Å². The number of rotatable bonds is 3. The number of carbonyl (C=O) groups is 2. The minimum Gasteiger partial charge on any atom is -0.481 e. The SMILES string of the molecule is CC(C)(C)OC(=O)NC[C@@H]1CCCC[C@H]1C(=O)O. The smallest absolute Gasteiger partial charge is 0.407 e. The van der Waals surface area contributed by atoms with Crippen molar-refractivity contribution in [2.45, 2.75) is 52.1 Å². The van der Waals surface area contributed by atoms with Crippen LogP contribution in [0.5, 0.6) is 0 Å². The highest BCUT2D eigenvalue weighted by atomic mass is 16.6. The van der Waals surface area contributed by atoms with Crippen LogP contribution in [0.3, 0.4) is 0 Å². The summed E-state index contributed by atoms with van der Waals surface area (Å²) >= 11 is 0. The van der Waals surface area contributed by atoms with Gasteiger partial charge in [0, 0.05) is 6.54 Å². The molecule has 5 nitrogen and oxygen atoms in total. The number of carbonyl (C=O) groups excluding carboxylic acids is 1. The van der Waals surface area contributed by atoms with Crippen molar-refractivity contribution in [3.63, 3.8) is 0 Å². The van der Waals surface area contributed by atoms with E-state index in [1.807, 2.05) is 0 Å². The van der Waals surface area contributed by atoms with Crippen LogP contribution >= 0.6 is 0 Å². The first kappa shape index (κ1) is 14.8. The van der Waals surface area contributed by atoms with Gasteiger partial charge in [-0.3, -0.25) is 4.79 Å². The number of alkyl carbamates (subject to hydrolysis) is 1. The van der Waals surface area contributed by atoms with Gasteiger partial charge >= 0.3 is 12.1 Å². The summed E-state index contributed by atoms with van der Waals surface area (Å²) in [5, 5.41) is 11.8. The molecular weight excluding hydrogens is 234 g/mol. The molecule has 0 saturated heterocycles. The normalized spacial score (nSPS) is 24.4. The number of carboxylic acid groups (broad SMARTS) is 1. The average Bonchev–Trinajstić information content (AvgIpc) is 2.24. The van der Waals surface area contributed by atoms with Crippen LogP contribution in [-0.4, -0.2) is 29.3 Å². The first-order chi connectivity index (χ1) is 8.29. The highest BCUT2D eigenvalue weighted by Gasteiger charge is 2.31. The van der Waals surface area contributed by atoms with Crippen molar-refractivity contribution in [2.24, 2.45) is 11.8 Å². The van der Waals surface area contributed by atoms with Gasteiger partial charge in [-0.1, -0.05) is 12.8 Å². The maximum Gasteiger partial charge on any atom is 0.407 e. The Morgan fingerprint density at radius 2 is 1.89 bits per heavy atom. The lowest BCUT2D eigenvalue weighted by Crippen LogP contribution is -2.39. The zero-order valence-corrected chi connectivity index (χ0v) is 11.4. The molecule has 0 spiro atoms. The van der Waals surface area contributed by atoms with Gasteiger partial charge < -0.3 is 15.2 Å².